The summed E-state index contributed by atoms with van der Waals surface area (Å²) in [7, 11) is 0. The average Bonchev–Trinajstić information content (AvgIpc) is 3.31. The first-order valence-electron chi connectivity index (χ1n) is 11.1. The molecular weight excluding hydrogens is 432 g/mol. The Hall–Kier alpha value is -3.34. The molecule has 1 aliphatic heterocycles. The SMILES string of the molecule is CCCSc1ccc(-c2nn(-c3ccccc3)cc2/C=C(/C#N)C(=O)N2CCOCC2)cc1. The van der Waals surface area contributed by atoms with E-state index in [1.165, 1.54) is 4.90 Å². The Kier molecular flexibility index (Phi) is 7.61. The molecule has 1 saturated heterocycles. The van der Waals surface area contributed by atoms with E-state index < -0.39 is 0 Å². The second-order valence-electron chi connectivity index (χ2n) is 7.66. The lowest BCUT2D eigenvalue weighted by Crippen LogP contribution is -2.41. The molecule has 3 aromatic rings. The Balaban J connectivity index is 1.72. The van der Waals surface area contributed by atoms with Crippen LogP contribution in [0.15, 0.2) is 71.3 Å². The molecule has 2 aromatic carbocycles. The maximum atomic E-state index is 13.0. The third-order valence-electron chi connectivity index (χ3n) is 5.31. The Morgan fingerprint density at radius 2 is 1.88 bits per heavy atom. The van der Waals surface area contributed by atoms with Gasteiger partial charge in [-0.15, -0.1) is 11.8 Å². The summed E-state index contributed by atoms with van der Waals surface area (Å²) in [4.78, 5) is 15.8. The lowest BCUT2D eigenvalue weighted by molar-refractivity contribution is -0.130. The third-order valence-corrected chi connectivity index (χ3v) is 6.53. The molecule has 7 heteroatoms. The van der Waals surface area contributed by atoms with Crippen LogP contribution in [-0.4, -0.2) is 52.6 Å². The first kappa shape index (κ1) is 22.8. The van der Waals surface area contributed by atoms with Gasteiger partial charge in [0.25, 0.3) is 5.91 Å². The second-order valence-corrected chi connectivity index (χ2v) is 8.83. The number of nitrogens with zero attached hydrogens (tertiary/aromatic N) is 4. The summed E-state index contributed by atoms with van der Waals surface area (Å²) in [6.45, 7) is 4.13. The monoisotopic (exact) mass is 458 g/mol. The molecule has 0 N–H and O–H groups in total. The van der Waals surface area contributed by atoms with Gasteiger partial charge in [-0.2, -0.15) is 10.4 Å². The fourth-order valence-electron chi connectivity index (χ4n) is 3.59. The zero-order valence-corrected chi connectivity index (χ0v) is 19.4. The standard InChI is InChI=1S/C26H26N4O2S/c1-2-16-33-24-10-8-20(9-11-24)25-22(19-30(28-25)23-6-4-3-5-7-23)17-21(18-27)26(31)29-12-14-32-15-13-29/h3-11,17,19H,2,12-16H2,1H3/b21-17-. The molecule has 6 nitrogen and oxygen atoms in total. The number of para-hydroxylation sites is 1. The number of benzene rings is 2. The predicted molar refractivity (Wildman–Crippen MR) is 131 cm³/mol. The number of carbonyl (C=O) groups is 1. The van der Waals surface area contributed by atoms with E-state index in [0.29, 0.717) is 26.3 Å². The van der Waals surface area contributed by atoms with E-state index in [0.717, 1.165) is 34.7 Å². The smallest absolute Gasteiger partial charge is 0.264 e. The quantitative estimate of drug-likeness (QED) is 0.289. The summed E-state index contributed by atoms with van der Waals surface area (Å²) >= 11 is 1.82. The van der Waals surface area contributed by atoms with E-state index >= 15 is 0 Å². The van der Waals surface area contributed by atoms with Crippen molar-refractivity contribution in [2.75, 3.05) is 32.1 Å². The fraction of sp³-hybridized carbons (Fsp3) is 0.269. The number of thioether (sulfide) groups is 1. The molecule has 0 unspecified atom stereocenters. The number of hydrogen-bond acceptors (Lipinski definition) is 5. The van der Waals surface area contributed by atoms with Gasteiger partial charge in [0, 0.05) is 35.3 Å². The molecule has 0 aliphatic carbocycles. The van der Waals surface area contributed by atoms with Crippen LogP contribution in [0.5, 0.6) is 0 Å². The van der Waals surface area contributed by atoms with Crippen molar-refractivity contribution in [3.8, 4) is 23.0 Å². The van der Waals surface area contributed by atoms with Crippen LogP contribution in [0, 0.1) is 11.3 Å². The van der Waals surface area contributed by atoms with E-state index in [1.807, 2.05) is 60.4 Å². The Morgan fingerprint density at radius 3 is 2.55 bits per heavy atom. The Labute approximate surface area is 198 Å². The molecule has 1 aromatic heterocycles. The summed E-state index contributed by atoms with van der Waals surface area (Å²) in [5.74, 6) is 0.802. The van der Waals surface area contributed by atoms with Crippen LogP contribution in [0.2, 0.25) is 0 Å². The number of ether oxygens (including phenoxy) is 1. The number of amides is 1. The van der Waals surface area contributed by atoms with Gasteiger partial charge >= 0.3 is 0 Å². The van der Waals surface area contributed by atoms with Gasteiger partial charge in [-0.1, -0.05) is 37.3 Å². The summed E-state index contributed by atoms with van der Waals surface area (Å²) in [5, 5.41) is 14.6. The van der Waals surface area contributed by atoms with Gasteiger partial charge in [0.05, 0.1) is 24.6 Å². The maximum absolute atomic E-state index is 13.0. The van der Waals surface area contributed by atoms with E-state index in [-0.39, 0.29) is 11.5 Å². The first-order valence-corrected chi connectivity index (χ1v) is 12.1. The Bertz CT molecular complexity index is 1160. The minimum Gasteiger partial charge on any atom is -0.378 e. The van der Waals surface area contributed by atoms with Gasteiger partial charge < -0.3 is 9.64 Å². The van der Waals surface area contributed by atoms with Gasteiger partial charge in [-0.25, -0.2) is 4.68 Å². The topological polar surface area (TPSA) is 71.2 Å². The van der Waals surface area contributed by atoms with Crippen molar-refractivity contribution in [3.05, 3.63) is 71.9 Å². The van der Waals surface area contributed by atoms with Crippen LogP contribution in [0.3, 0.4) is 0 Å². The molecule has 0 spiro atoms. The number of nitriles is 1. The molecular formula is C26H26N4O2S. The van der Waals surface area contributed by atoms with E-state index in [2.05, 4.69) is 25.1 Å². The molecule has 0 bridgehead atoms. The fourth-order valence-corrected chi connectivity index (χ4v) is 4.36. The van der Waals surface area contributed by atoms with Crippen molar-refractivity contribution < 1.29 is 9.53 Å². The normalized spacial score (nSPS) is 14.2. The van der Waals surface area contributed by atoms with Gasteiger partial charge in [0.15, 0.2) is 0 Å². The summed E-state index contributed by atoms with van der Waals surface area (Å²) in [6, 6.07) is 20.2. The first-order chi connectivity index (χ1) is 16.2. The zero-order chi connectivity index (χ0) is 23.0. The second kappa shape index (κ2) is 11.0. The molecule has 2 heterocycles. The number of aromatic nitrogens is 2. The lowest BCUT2D eigenvalue weighted by atomic mass is 10.1. The van der Waals surface area contributed by atoms with Gasteiger partial charge in [0.1, 0.15) is 11.6 Å². The predicted octanol–water partition coefficient (Wildman–Crippen LogP) is 4.81. The van der Waals surface area contributed by atoms with Crippen molar-refractivity contribution >= 4 is 23.7 Å². The van der Waals surface area contributed by atoms with Gasteiger partial charge in [0.2, 0.25) is 0 Å². The van der Waals surface area contributed by atoms with Crippen LogP contribution >= 0.6 is 11.8 Å². The molecule has 1 aliphatic rings. The van der Waals surface area contributed by atoms with E-state index in [4.69, 9.17) is 9.84 Å². The largest absolute Gasteiger partial charge is 0.378 e. The summed E-state index contributed by atoms with van der Waals surface area (Å²) in [6.07, 6.45) is 4.64. The average molecular weight is 459 g/mol. The maximum Gasteiger partial charge on any atom is 0.264 e. The van der Waals surface area contributed by atoms with Crippen LogP contribution in [0.4, 0.5) is 0 Å². The summed E-state index contributed by atoms with van der Waals surface area (Å²) < 4.78 is 7.12. The molecule has 1 amide bonds. The molecule has 0 atom stereocenters. The minimum absolute atomic E-state index is 0.0980. The molecule has 1 fully saturated rings. The number of rotatable bonds is 7. The van der Waals surface area contributed by atoms with Gasteiger partial charge in [-0.3, -0.25) is 4.79 Å². The Morgan fingerprint density at radius 1 is 1.15 bits per heavy atom. The third kappa shape index (κ3) is 5.54. The highest BCUT2D eigenvalue weighted by Gasteiger charge is 2.22. The van der Waals surface area contributed by atoms with Crippen molar-refractivity contribution in [1.82, 2.24) is 14.7 Å². The minimum atomic E-state index is -0.273. The highest BCUT2D eigenvalue weighted by atomic mass is 32.2. The van der Waals surface area contributed by atoms with Crippen LogP contribution in [-0.2, 0) is 9.53 Å². The highest BCUT2D eigenvalue weighted by Crippen LogP contribution is 2.28. The van der Waals surface area contributed by atoms with Crippen LogP contribution in [0.1, 0.15) is 18.9 Å². The lowest BCUT2D eigenvalue weighted by Gasteiger charge is -2.26. The highest BCUT2D eigenvalue weighted by molar-refractivity contribution is 7.99. The number of morpholine rings is 1. The van der Waals surface area contributed by atoms with E-state index in [1.54, 1.807) is 15.7 Å². The molecule has 0 radical (unpaired) electrons. The van der Waals surface area contributed by atoms with E-state index in [9.17, 15) is 10.1 Å². The number of carbonyl (C=O) groups excluding carboxylic acids is 1. The van der Waals surface area contributed by atoms with Gasteiger partial charge in [-0.05, 0) is 42.5 Å². The van der Waals surface area contributed by atoms with Crippen molar-refractivity contribution in [2.24, 2.45) is 0 Å². The van der Waals surface area contributed by atoms with Crippen LogP contribution in [0.25, 0.3) is 23.0 Å². The summed E-state index contributed by atoms with van der Waals surface area (Å²) in [5.41, 5.74) is 3.40. The van der Waals surface area contributed by atoms with Crippen LogP contribution < -0.4 is 0 Å². The molecule has 168 valence electrons. The van der Waals surface area contributed by atoms with Crippen molar-refractivity contribution in [3.63, 3.8) is 0 Å². The zero-order valence-electron chi connectivity index (χ0n) is 18.6. The number of hydrogen-bond donors (Lipinski definition) is 0. The van der Waals surface area contributed by atoms with Crippen molar-refractivity contribution in [1.29, 1.82) is 5.26 Å². The molecule has 0 saturated carbocycles. The molecule has 33 heavy (non-hydrogen) atoms. The molecule has 4 rings (SSSR count). The van der Waals surface area contributed by atoms with Crippen molar-refractivity contribution in [2.45, 2.75) is 18.2 Å².